The normalized spacial score (nSPS) is 25.9. The lowest BCUT2D eigenvalue weighted by atomic mass is 9.95. The quantitative estimate of drug-likeness (QED) is 0.102. The molecule has 66 heavy (non-hydrogen) atoms. The highest BCUT2D eigenvalue weighted by atomic mass is 79.9. The van der Waals surface area contributed by atoms with Gasteiger partial charge in [-0.1, -0.05) is 27.7 Å². The van der Waals surface area contributed by atoms with Gasteiger partial charge in [-0.25, -0.2) is 0 Å². The highest BCUT2D eigenvalue weighted by Crippen LogP contribution is 2.46. The SMILES string of the molecule is CCCC(=O)Oc1ccc(C[N+]2(C)[C@@H]3CC[C@H]2CC(OC(=O)CCC(=O)OC2C[C@H]4CC[C@@H](C2)[N+]4(C)Cc2ccc(OC(=O)CCC)cc2OC(=O)CCC)C3)c(OC(=O)CCC)c1.[Br-].[Br-]. The van der Waals surface area contributed by atoms with Crippen molar-refractivity contribution in [2.24, 2.45) is 0 Å². The van der Waals surface area contributed by atoms with Gasteiger partial charge in [-0.05, 0) is 49.9 Å². The number of carbonyl (C=O) groups is 6. The number of carbonyl (C=O) groups excluding carboxylic acids is 6. The molecule has 4 fully saturated rings. The van der Waals surface area contributed by atoms with Crippen molar-refractivity contribution in [2.75, 3.05) is 14.1 Å². The lowest BCUT2D eigenvalue weighted by Gasteiger charge is -2.47. The monoisotopic (exact) mass is 1050 g/mol. The zero-order valence-corrected chi connectivity index (χ0v) is 42.8. The zero-order chi connectivity index (χ0) is 46.0. The fourth-order valence-electron chi connectivity index (χ4n) is 10.7. The third-order valence-electron chi connectivity index (χ3n) is 14.1. The van der Waals surface area contributed by atoms with Crippen LogP contribution in [0.4, 0.5) is 0 Å². The van der Waals surface area contributed by atoms with Gasteiger partial charge < -0.3 is 71.4 Å². The number of esters is 6. The van der Waals surface area contributed by atoms with Crippen molar-refractivity contribution in [1.82, 2.24) is 0 Å². The number of ether oxygens (including phenoxy) is 6. The maximum Gasteiger partial charge on any atom is 0.311 e. The fourth-order valence-corrected chi connectivity index (χ4v) is 10.7. The largest absolute Gasteiger partial charge is 1.00 e. The van der Waals surface area contributed by atoms with E-state index >= 15 is 0 Å². The molecule has 0 spiro atoms. The number of fused-ring (bicyclic) bond motifs is 4. The van der Waals surface area contributed by atoms with Crippen LogP contribution >= 0.6 is 0 Å². The van der Waals surface area contributed by atoms with Crippen molar-refractivity contribution in [2.45, 2.75) is 193 Å². The van der Waals surface area contributed by atoms with Gasteiger partial charge in [0, 0.05) is 100 Å². The summed E-state index contributed by atoms with van der Waals surface area (Å²) in [5.41, 5.74) is 1.72. The van der Waals surface area contributed by atoms with Gasteiger partial charge in [0.15, 0.2) is 0 Å². The molecule has 366 valence electrons. The van der Waals surface area contributed by atoms with Crippen LogP contribution in [0.25, 0.3) is 0 Å². The van der Waals surface area contributed by atoms with Crippen LogP contribution in [0, 0.1) is 0 Å². The van der Waals surface area contributed by atoms with Crippen LogP contribution in [0.5, 0.6) is 23.0 Å². The number of hydrogen-bond acceptors (Lipinski definition) is 12. The molecule has 0 aromatic heterocycles. The molecule has 4 heterocycles. The topological polar surface area (TPSA) is 158 Å². The van der Waals surface area contributed by atoms with Crippen molar-refractivity contribution in [3.05, 3.63) is 47.5 Å². The van der Waals surface area contributed by atoms with Crippen LogP contribution in [0.3, 0.4) is 0 Å². The minimum atomic E-state index is -0.398. The van der Waals surface area contributed by atoms with E-state index in [0.29, 0.717) is 100 Å². The summed E-state index contributed by atoms with van der Waals surface area (Å²) < 4.78 is 36.2. The van der Waals surface area contributed by atoms with Crippen LogP contribution in [0.15, 0.2) is 36.4 Å². The Hall–Kier alpha value is -3.86. The maximum absolute atomic E-state index is 13.2. The first kappa shape index (κ1) is 54.7. The average Bonchev–Trinajstić information content (AvgIpc) is 3.45. The first-order chi connectivity index (χ1) is 30.7. The van der Waals surface area contributed by atoms with Gasteiger partial charge in [0.1, 0.15) is 48.3 Å². The predicted octanol–water partition coefficient (Wildman–Crippen LogP) is 2.36. The van der Waals surface area contributed by atoms with Gasteiger partial charge >= 0.3 is 35.8 Å². The third kappa shape index (κ3) is 13.9. The van der Waals surface area contributed by atoms with Crippen molar-refractivity contribution in [3.8, 4) is 23.0 Å². The molecule has 2 aromatic carbocycles. The van der Waals surface area contributed by atoms with E-state index in [1.165, 1.54) is 0 Å². The van der Waals surface area contributed by atoms with Gasteiger partial charge in [0.05, 0.1) is 51.1 Å². The third-order valence-corrected chi connectivity index (χ3v) is 14.1. The maximum atomic E-state index is 13.2. The van der Waals surface area contributed by atoms with E-state index < -0.39 is 11.9 Å². The summed E-state index contributed by atoms with van der Waals surface area (Å²) in [5, 5.41) is 0. The molecular weight excluding hydrogens is 980 g/mol. The molecule has 2 aromatic rings. The highest BCUT2D eigenvalue weighted by Gasteiger charge is 2.54. The van der Waals surface area contributed by atoms with Crippen LogP contribution in [0.2, 0.25) is 0 Å². The molecule has 4 aliphatic heterocycles. The number of halogens is 2. The summed E-state index contributed by atoms with van der Waals surface area (Å²) in [6.07, 6.45) is 9.93. The average molecular weight is 1050 g/mol. The van der Waals surface area contributed by atoms with Gasteiger partial charge in [-0.15, -0.1) is 0 Å². The lowest BCUT2D eigenvalue weighted by Crippen LogP contribution is -3.00. The Kier molecular flexibility index (Phi) is 20.7. The Morgan fingerprint density at radius 1 is 0.455 bits per heavy atom. The van der Waals surface area contributed by atoms with Gasteiger partial charge in [0.25, 0.3) is 0 Å². The lowest BCUT2D eigenvalue weighted by molar-refractivity contribution is -0.961. The number of benzene rings is 2. The molecule has 4 aliphatic rings. The molecule has 0 radical (unpaired) electrons. The highest BCUT2D eigenvalue weighted by molar-refractivity contribution is 5.78. The van der Waals surface area contributed by atoms with E-state index in [-0.39, 0.29) is 120 Å². The first-order valence-corrected chi connectivity index (χ1v) is 23.8. The molecule has 0 amide bonds. The number of hydrogen-bond donors (Lipinski definition) is 0. The van der Waals surface area contributed by atoms with Crippen LogP contribution in [0.1, 0.15) is 154 Å². The Labute approximate surface area is 411 Å². The predicted molar refractivity (Wildman–Crippen MR) is 236 cm³/mol. The number of quaternary nitrogens is 2. The second kappa shape index (κ2) is 25.0. The summed E-state index contributed by atoms with van der Waals surface area (Å²) in [4.78, 5) is 76.0. The van der Waals surface area contributed by atoms with Gasteiger partial charge in [-0.3, -0.25) is 28.8 Å². The molecule has 4 saturated heterocycles. The minimum absolute atomic E-state index is 0. The number of rotatable bonds is 21. The Morgan fingerprint density at radius 3 is 1.06 bits per heavy atom. The van der Waals surface area contributed by atoms with Crippen LogP contribution in [-0.2, 0) is 51.3 Å². The molecule has 14 nitrogen and oxygen atoms in total. The molecule has 0 saturated carbocycles. The molecule has 0 N–H and O–H groups in total. The van der Waals surface area contributed by atoms with E-state index in [1.54, 1.807) is 24.3 Å². The fraction of sp³-hybridized carbons (Fsp3) is 0.640. The van der Waals surface area contributed by atoms with Crippen molar-refractivity contribution in [1.29, 1.82) is 0 Å². The smallest absolute Gasteiger partial charge is 0.311 e. The summed E-state index contributed by atoms with van der Waals surface area (Å²) >= 11 is 0. The Balaban J connectivity index is 0.00000476. The molecule has 4 bridgehead atoms. The van der Waals surface area contributed by atoms with Crippen LogP contribution < -0.4 is 52.9 Å². The molecule has 6 rings (SSSR count). The Morgan fingerprint density at radius 2 is 0.758 bits per heavy atom. The van der Waals surface area contributed by atoms with Crippen molar-refractivity contribution >= 4 is 35.8 Å². The standard InChI is InChI=1S/C50H70N2O12.2BrH/c1-7-11-45(53)59-39-21-15-33(43(29-39)63-47(55)13-9-3)31-51(5)35-17-18-36(51)26-41(25-35)61-49(57)23-24-50(58)62-42-27-37-19-20-38(28-42)52(37,6)32-34-16-22-40(60-46(54)12-8-2)30-44(34)64-48(56)14-10-4;;/h15-16,21-22,29-30,35-38,41-42H,7-14,17-20,23-28,31-32H2,1-6H3;2*1H/q+2;;/p-2/t35-,36+,37-,38+,41?,42?,51?,52?;;. The summed E-state index contributed by atoms with van der Waals surface area (Å²) in [7, 11) is 4.44. The van der Waals surface area contributed by atoms with Crippen molar-refractivity contribution < 1.29 is 100 Å². The van der Waals surface area contributed by atoms with Gasteiger partial charge in [0.2, 0.25) is 0 Å². The van der Waals surface area contributed by atoms with E-state index in [1.807, 2.05) is 39.8 Å². The first-order valence-electron chi connectivity index (χ1n) is 23.8. The minimum Gasteiger partial charge on any atom is -1.00 e. The molecular formula is C50H70Br2N2O12. The summed E-state index contributed by atoms with van der Waals surface area (Å²) in [5.74, 6) is -0.619. The zero-order valence-electron chi connectivity index (χ0n) is 39.6. The van der Waals surface area contributed by atoms with Crippen molar-refractivity contribution in [3.63, 3.8) is 0 Å². The number of nitrogens with zero attached hydrogens (tertiary/aromatic N) is 2. The summed E-state index contributed by atoms with van der Waals surface area (Å²) in [6, 6.07) is 11.5. The van der Waals surface area contributed by atoms with E-state index in [2.05, 4.69) is 14.1 Å². The second-order valence-electron chi connectivity index (χ2n) is 18.9. The molecule has 4 unspecified atom stereocenters. The molecule has 0 aliphatic carbocycles. The van der Waals surface area contributed by atoms with Crippen LogP contribution in [-0.4, -0.2) is 95.3 Å². The van der Waals surface area contributed by atoms with Gasteiger partial charge in [-0.2, -0.15) is 0 Å². The summed E-state index contributed by atoms with van der Waals surface area (Å²) in [6.45, 7) is 8.88. The Bertz CT molecular complexity index is 1860. The molecule has 8 atom stereocenters. The van der Waals surface area contributed by atoms with E-state index in [4.69, 9.17) is 28.4 Å². The number of piperidine rings is 2. The molecule has 16 heteroatoms. The van der Waals surface area contributed by atoms with E-state index in [9.17, 15) is 28.8 Å². The second-order valence-corrected chi connectivity index (χ2v) is 18.9. The van der Waals surface area contributed by atoms with E-state index in [0.717, 1.165) is 45.8 Å².